The van der Waals surface area contributed by atoms with Gasteiger partial charge in [-0.15, -0.1) is 5.10 Å². The lowest BCUT2D eigenvalue weighted by Crippen LogP contribution is -2.06. The average molecular weight is 380 g/mol. The molecule has 1 heterocycles. The van der Waals surface area contributed by atoms with E-state index in [-0.39, 0.29) is 11.6 Å². The van der Waals surface area contributed by atoms with Gasteiger partial charge in [-0.2, -0.15) is 23.3 Å². The fourth-order valence-corrected chi connectivity index (χ4v) is 2.45. The molecule has 1 aromatic heterocycles. The smallest absolute Gasteiger partial charge is 0.339 e. The highest BCUT2D eigenvalue weighted by Gasteiger charge is 2.30. The van der Waals surface area contributed by atoms with Crippen molar-refractivity contribution in [1.82, 2.24) is 15.2 Å². The molecule has 0 aliphatic heterocycles. The van der Waals surface area contributed by atoms with Gasteiger partial charge in [-0.05, 0) is 48.9 Å². The average Bonchev–Trinajstić information content (AvgIpc) is 2.57. The second kappa shape index (κ2) is 7.17. The Bertz CT molecular complexity index is 930. The summed E-state index contributed by atoms with van der Waals surface area (Å²) in [7, 11) is 0. The standard InChI is InChI=1S/C17H13ClF3N5/c1-10-7-12(18)5-6-14(10)24-15-9-22-26-16(25-15)23-13-4-2-3-11(8-13)17(19,20)21/h2-9H,1H3,(H2,23,24,25,26). The molecule has 3 rings (SSSR count). The quantitative estimate of drug-likeness (QED) is 0.640. The van der Waals surface area contributed by atoms with Gasteiger partial charge >= 0.3 is 6.18 Å². The summed E-state index contributed by atoms with van der Waals surface area (Å²) in [6.07, 6.45) is -3.02. The van der Waals surface area contributed by atoms with Crippen molar-refractivity contribution in [2.24, 2.45) is 0 Å². The Hall–Kier alpha value is -2.87. The van der Waals surface area contributed by atoms with E-state index < -0.39 is 11.7 Å². The minimum atomic E-state index is -4.42. The lowest BCUT2D eigenvalue weighted by Gasteiger charge is -2.11. The predicted octanol–water partition coefficient (Wildman–Crippen LogP) is 5.34. The van der Waals surface area contributed by atoms with Crippen LogP contribution in [0.25, 0.3) is 0 Å². The van der Waals surface area contributed by atoms with Crippen molar-refractivity contribution in [2.75, 3.05) is 10.6 Å². The predicted molar refractivity (Wildman–Crippen MR) is 94.0 cm³/mol. The van der Waals surface area contributed by atoms with E-state index in [0.29, 0.717) is 10.8 Å². The van der Waals surface area contributed by atoms with E-state index in [1.165, 1.54) is 18.3 Å². The first kappa shape index (κ1) is 17.9. The van der Waals surface area contributed by atoms with Crippen LogP contribution in [0.5, 0.6) is 0 Å². The summed E-state index contributed by atoms with van der Waals surface area (Å²) in [5.74, 6) is 0.459. The van der Waals surface area contributed by atoms with Crippen molar-refractivity contribution in [3.05, 3.63) is 64.8 Å². The van der Waals surface area contributed by atoms with Crippen LogP contribution in [0.4, 0.5) is 36.3 Å². The summed E-state index contributed by atoms with van der Waals surface area (Å²) in [6, 6.07) is 10.1. The highest BCUT2D eigenvalue weighted by Crippen LogP contribution is 2.31. The number of hydrogen-bond acceptors (Lipinski definition) is 5. The van der Waals surface area contributed by atoms with Gasteiger partial charge in [-0.1, -0.05) is 17.7 Å². The van der Waals surface area contributed by atoms with Crippen LogP contribution in [-0.2, 0) is 6.18 Å². The minimum absolute atomic E-state index is 0.0703. The number of nitrogens with one attached hydrogen (secondary N) is 2. The van der Waals surface area contributed by atoms with E-state index >= 15 is 0 Å². The molecule has 9 heteroatoms. The number of alkyl halides is 3. The van der Waals surface area contributed by atoms with Gasteiger partial charge in [0.2, 0.25) is 5.95 Å². The van der Waals surface area contributed by atoms with Crippen molar-refractivity contribution in [3.8, 4) is 0 Å². The number of rotatable bonds is 4. The molecule has 0 fully saturated rings. The summed E-state index contributed by atoms with van der Waals surface area (Å²) in [5.41, 5.74) is 1.13. The molecule has 26 heavy (non-hydrogen) atoms. The highest BCUT2D eigenvalue weighted by atomic mass is 35.5. The summed E-state index contributed by atoms with van der Waals surface area (Å²) >= 11 is 5.92. The molecule has 0 saturated heterocycles. The number of nitrogens with zero attached hydrogens (tertiary/aromatic N) is 3. The van der Waals surface area contributed by atoms with Crippen molar-refractivity contribution in [2.45, 2.75) is 13.1 Å². The van der Waals surface area contributed by atoms with E-state index in [2.05, 4.69) is 25.8 Å². The molecule has 5 nitrogen and oxygen atoms in total. The van der Waals surface area contributed by atoms with Crippen LogP contribution < -0.4 is 10.6 Å². The fraction of sp³-hybridized carbons (Fsp3) is 0.118. The molecule has 0 unspecified atom stereocenters. The Balaban J connectivity index is 1.79. The van der Waals surface area contributed by atoms with Gasteiger partial charge in [0.25, 0.3) is 0 Å². The lowest BCUT2D eigenvalue weighted by atomic mass is 10.2. The molecule has 2 aromatic carbocycles. The zero-order chi connectivity index (χ0) is 18.7. The van der Waals surface area contributed by atoms with Crippen LogP contribution in [0.3, 0.4) is 0 Å². The van der Waals surface area contributed by atoms with Crippen LogP contribution in [0.15, 0.2) is 48.7 Å². The zero-order valence-electron chi connectivity index (χ0n) is 13.5. The summed E-state index contributed by atoms with van der Waals surface area (Å²) in [6.45, 7) is 1.88. The summed E-state index contributed by atoms with van der Waals surface area (Å²) < 4.78 is 38.4. The molecular weight excluding hydrogens is 367 g/mol. The van der Waals surface area contributed by atoms with Crippen LogP contribution >= 0.6 is 11.6 Å². The second-order valence-electron chi connectivity index (χ2n) is 5.45. The van der Waals surface area contributed by atoms with Crippen LogP contribution in [0.2, 0.25) is 5.02 Å². The van der Waals surface area contributed by atoms with Crippen LogP contribution in [0.1, 0.15) is 11.1 Å². The third-order valence-corrected chi connectivity index (χ3v) is 3.69. The molecule has 0 radical (unpaired) electrons. The Morgan fingerprint density at radius 2 is 1.85 bits per heavy atom. The normalized spacial score (nSPS) is 11.3. The van der Waals surface area contributed by atoms with Crippen LogP contribution in [0, 0.1) is 6.92 Å². The third kappa shape index (κ3) is 4.40. The van der Waals surface area contributed by atoms with E-state index in [0.717, 1.165) is 23.4 Å². The van der Waals surface area contributed by atoms with Gasteiger partial charge in [0.05, 0.1) is 11.8 Å². The molecule has 2 N–H and O–H groups in total. The molecule has 0 atom stereocenters. The van der Waals surface area contributed by atoms with Crippen molar-refractivity contribution in [1.29, 1.82) is 0 Å². The molecule has 0 spiro atoms. The Labute approximate surface area is 152 Å². The van der Waals surface area contributed by atoms with Gasteiger partial charge < -0.3 is 10.6 Å². The van der Waals surface area contributed by atoms with E-state index in [4.69, 9.17) is 11.6 Å². The molecular formula is C17H13ClF3N5. The Kier molecular flexibility index (Phi) is 4.94. The van der Waals surface area contributed by atoms with Crippen LogP contribution in [-0.4, -0.2) is 15.2 Å². The maximum Gasteiger partial charge on any atom is 0.416 e. The molecule has 0 amide bonds. The van der Waals surface area contributed by atoms with E-state index in [1.54, 1.807) is 18.2 Å². The molecule has 0 saturated carbocycles. The fourth-order valence-electron chi connectivity index (χ4n) is 2.22. The van der Waals surface area contributed by atoms with Crippen molar-refractivity contribution >= 4 is 34.7 Å². The molecule has 3 aromatic rings. The molecule has 0 bridgehead atoms. The number of aryl methyl sites for hydroxylation is 1. The first-order chi connectivity index (χ1) is 12.3. The topological polar surface area (TPSA) is 62.7 Å². The van der Waals surface area contributed by atoms with Gasteiger partial charge in [0, 0.05) is 16.4 Å². The molecule has 0 aliphatic carbocycles. The van der Waals surface area contributed by atoms with Gasteiger partial charge in [-0.25, -0.2) is 0 Å². The first-order valence-electron chi connectivity index (χ1n) is 7.48. The Morgan fingerprint density at radius 1 is 1.04 bits per heavy atom. The SMILES string of the molecule is Cc1cc(Cl)ccc1Nc1cnnc(Nc2cccc(C(F)(F)F)c2)n1. The number of aromatic nitrogens is 3. The maximum absolute atomic E-state index is 12.8. The zero-order valence-corrected chi connectivity index (χ0v) is 14.2. The molecule has 134 valence electrons. The lowest BCUT2D eigenvalue weighted by molar-refractivity contribution is -0.137. The van der Waals surface area contributed by atoms with Crippen molar-refractivity contribution in [3.63, 3.8) is 0 Å². The number of benzene rings is 2. The second-order valence-corrected chi connectivity index (χ2v) is 5.89. The third-order valence-electron chi connectivity index (χ3n) is 3.46. The number of halogens is 4. The van der Waals surface area contributed by atoms with Gasteiger partial charge in [-0.3, -0.25) is 0 Å². The van der Waals surface area contributed by atoms with E-state index in [9.17, 15) is 13.2 Å². The monoisotopic (exact) mass is 379 g/mol. The largest absolute Gasteiger partial charge is 0.416 e. The van der Waals surface area contributed by atoms with Gasteiger partial charge in [0.15, 0.2) is 5.82 Å². The summed E-state index contributed by atoms with van der Waals surface area (Å²) in [4.78, 5) is 4.21. The first-order valence-corrected chi connectivity index (χ1v) is 7.86. The minimum Gasteiger partial charge on any atom is -0.339 e. The summed E-state index contributed by atoms with van der Waals surface area (Å²) in [5, 5.41) is 14.0. The number of hydrogen-bond donors (Lipinski definition) is 2. The Morgan fingerprint density at radius 3 is 2.58 bits per heavy atom. The maximum atomic E-state index is 12.8. The molecule has 0 aliphatic rings. The van der Waals surface area contributed by atoms with Crippen molar-refractivity contribution < 1.29 is 13.2 Å². The highest BCUT2D eigenvalue weighted by molar-refractivity contribution is 6.30. The van der Waals surface area contributed by atoms with E-state index in [1.807, 2.05) is 6.92 Å². The number of anilines is 4. The van der Waals surface area contributed by atoms with Gasteiger partial charge in [0.1, 0.15) is 0 Å².